The van der Waals surface area contributed by atoms with Crippen LogP contribution in [0.4, 0.5) is 0 Å². The Morgan fingerprint density at radius 3 is 2.00 bits per heavy atom. The number of carboxylic acids is 1. The molecule has 31 heavy (non-hydrogen) atoms. The van der Waals surface area contributed by atoms with Crippen LogP contribution in [0.25, 0.3) is 10.9 Å². The highest BCUT2D eigenvalue weighted by molar-refractivity contribution is 5.82. The number of para-hydroxylation sites is 1. The topological polar surface area (TPSA) is 68.7 Å². The lowest BCUT2D eigenvalue weighted by Crippen LogP contribution is -2.50. The van der Waals surface area contributed by atoms with Crippen molar-refractivity contribution >= 4 is 16.9 Å². The van der Waals surface area contributed by atoms with Crippen LogP contribution >= 0.6 is 0 Å². The molecule has 0 radical (unpaired) electrons. The molecule has 0 aliphatic rings. The van der Waals surface area contributed by atoms with Crippen LogP contribution in [0, 0.1) is 6.92 Å². The number of carbonyl (C=O) groups is 1. The molecule has 1 heterocycles. The number of aliphatic carboxylic acids is 1. The van der Waals surface area contributed by atoms with Gasteiger partial charge >= 0.3 is 5.97 Å². The van der Waals surface area contributed by atoms with Gasteiger partial charge in [-0.1, -0.05) is 78.9 Å². The normalized spacial score (nSPS) is 12.5. The highest BCUT2D eigenvalue weighted by Crippen LogP contribution is 2.39. The van der Waals surface area contributed by atoms with E-state index >= 15 is 0 Å². The molecule has 0 fully saturated rings. The highest BCUT2D eigenvalue weighted by atomic mass is 16.6. The third-order valence-corrected chi connectivity index (χ3v) is 5.46. The number of fused-ring (bicyclic) bond motifs is 1. The minimum atomic E-state index is -1.38. The second kappa shape index (κ2) is 8.58. The van der Waals surface area contributed by atoms with Gasteiger partial charge in [0.25, 0.3) is 0 Å². The summed E-state index contributed by atoms with van der Waals surface area (Å²) in [5.74, 6) is -0.918. The highest BCUT2D eigenvalue weighted by Gasteiger charge is 2.49. The Morgan fingerprint density at radius 2 is 1.45 bits per heavy atom. The number of nitrogens with zero attached hydrogens (tertiary/aromatic N) is 1. The molecule has 3 aromatic carbocycles. The summed E-state index contributed by atoms with van der Waals surface area (Å²) in [5, 5.41) is 11.3. The van der Waals surface area contributed by atoms with E-state index in [1.165, 1.54) is 7.11 Å². The monoisotopic (exact) mass is 413 g/mol. The van der Waals surface area contributed by atoms with E-state index in [1.807, 2.05) is 91.9 Å². The molecule has 0 saturated heterocycles. The summed E-state index contributed by atoms with van der Waals surface area (Å²) in [7, 11) is 1.50. The molecule has 1 atom stereocenters. The first kappa shape index (κ1) is 20.6. The van der Waals surface area contributed by atoms with Gasteiger partial charge in [-0.05, 0) is 29.7 Å². The molecule has 0 spiro atoms. The summed E-state index contributed by atoms with van der Waals surface area (Å²) < 4.78 is 12.1. The molecular formula is C26H23NO4. The Hall–Kier alpha value is -3.70. The number of aryl methyl sites for hydroxylation is 1. The standard InChI is InChI=1S/C26H23NO4/c1-18-17-23(27-22-16-10-9-15-21(18)22)31-24(25(28)29)26(30-2,19-11-5-3-6-12-19)20-13-7-4-8-14-20/h3-17,24H,1-2H3,(H,28,29). The fourth-order valence-corrected chi connectivity index (χ4v) is 3.99. The maximum Gasteiger partial charge on any atom is 0.348 e. The van der Waals surface area contributed by atoms with E-state index in [0.29, 0.717) is 11.1 Å². The summed E-state index contributed by atoms with van der Waals surface area (Å²) in [6.45, 7) is 1.95. The Balaban J connectivity index is 1.88. The molecule has 4 aromatic rings. The van der Waals surface area contributed by atoms with Gasteiger partial charge in [0, 0.05) is 18.6 Å². The van der Waals surface area contributed by atoms with Crippen LogP contribution in [-0.4, -0.2) is 29.3 Å². The van der Waals surface area contributed by atoms with Crippen molar-refractivity contribution in [3.05, 3.63) is 108 Å². The van der Waals surface area contributed by atoms with Crippen LogP contribution in [0.5, 0.6) is 5.88 Å². The molecule has 5 nitrogen and oxygen atoms in total. The number of ether oxygens (including phenoxy) is 2. The number of hydrogen-bond donors (Lipinski definition) is 1. The third kappa shape index (κ3) is 3.76. The van der Waals surface area contributed by atoms with E-state index in [9.17, 15) is 9.90 Å². The summed E-state index contributed by atoms with van der Waals surface area (Å²) >= 11 is 0. The predicted molar refractivity (Wildman–Crippen MR) is 119 cm³/mol. The first-order chi connectivity index (χ1) is 15.1. The van der Waals surface area contributed by atoms with Gasteiger partial charge in [0.15, 0.2) is 5.60 Å². The zero-order chi connectivity index (χ0) is 21.8. The van der Waals surface area contributed by atoms with Gasteiger partial charge in [-0.3, -0.25) is 0 Å². The van der Waals surface area contributed by atoms with E-state index in [0.717, 1.165) is 16.5 Å². The van der Waals surface area contributed by atoms with E-state index in [-0.39, 0.29) is 5.88 Å². The Kier molecular flexibility index (Phi) is 5.69. The maximum absolute atomic E-state index is 12.6. The number of carboxylic acid groups (broad SMARTS) is 1. The van der Waals surface area contributed by atoms with Crippen molar-refractivity contribution in [2.45, 2.75) is 18.6 Å². The lowest BCUT2D eigenvalue weighted by atomic mass is 9.81. The largest absolute Gasteiger partial charge is 0.478 e. The SMILES string of the molecule is COC(c1ccccc1)(c1ccccc1)C(Oc1cc(C)c2ccccc2n1)C(=O)O. The molecule has 1 unspecified atom stereocenters. The van der Waals surface area contributed by atoms with Gasteiger partial charge in [-0.25, -0.2) is 9.78 Å². The summed E-state index contributed by atoms with van der Waals surface area (Å²) in [5.41, 5.74) is 1.66. The van der Waals surface area contributed by atoms with Gasteiger partial charge in [-0.2, -0.15) is 0 Å². The molecule has 0 bridgehead atoms. The number of aromatic nitrogens is 1. The van der Waals surface area contributed by atoms with Crippen molar-refractivity contribution in [2.75, 3.05) is 7.11 Å². The minimum Gasteiger partial charge on any atom is -0.478 e. The Bertz CT molecular complexity index is 1150. The molecule has 156 valence electrons. The van der Waals surface area contributed by atoms with E-state index < -0.39 is 17.7 Å². The second-order valence-corrected chi connectivity index (χ2v) is 7.30. The molecule has 0 aliphatic heterocycles. The fourth-order valence-electron chi connectivity index (χ4n) is 3.99. The average Bonchev–Trinajstić information content (AvgIpc) is 2.80. The number of hydrogen-bond acceptors (Lipinski definition) is 4. The number of methoxy groups -OCH3 is 1. The van der Waals surface area contributed by atoms with E-state index in [1.54, 1.807) is 6.07 Å². The number of rotatable bonds is 7. The quantitative estimate of drug-likeness (QED) is 0.464. The van der Waals surface area contributed by atoms with Crippen LogP contribution in [0.15, 0.2) is 91.0 Å². The molecular weight excluding hydrogens is 390 g/mol. The fraction of sp³-hybridized carbons (Fsp3) is 0.154. The summed E-state index contributed by atoms with van der Waals surface area (Å²) in [6, 6.07) is 28.0. The van der Waals surface area contributed by atoms with E-state index in [2.05, 4.69) is 4.98 Å². The molecule has 0 aliphatic carbocycles. The van der Waals surface area contributed by atoms with Gasteiger partial charge in [-0.15, -0.1) is 0 Å². The Morgan fingerprint density at radius 1 is 0.903 bits per heavy atom. The van der Waals surface area contributed by atoms with Gasteiger partial charge < -0.3 is 14.6 Å². The predicted octanol–water partition coefficient (Wildman–Crippen LogP) is 4.97. The minimum absolute atomic E-state index is 0.233. The average molecular weight is 413 g/mol. The van der Waals surface area contributed by atoms with Crippen molar-refractivity contribution in [2.24, 2.45) is 0 Å². The van der Waals surface area contributed by atoms with Gasteiger partial charge in [0.1, 0.15) is 0 Å². The van der Waals surface area contributed by atoms with Crippen molar-refractivity contribution < 1.29 is 19.4 Å². The molecule has 1 aromatic heterocycles. The lowest BCUT2D eigenvalue weighted by molar-refractivity contribution is -0.160. The van der Waals surface area contributed by atoms with Crippen molar-refractivity contribution in [3.63, 3.8) is 0 Å². The first-order valence-corrected chi connectivity index (χ1v) is 9.98. The molecule has 0 amide bonds. The second-order valence-electron chi connectivity index (χ2n) is 7.30. The summed E-state index contributed by atoms with van der Waals surface area (Å²) in [4.78, 5) is 17.1. The van der Waals surface area contributed by atoms with Crippen LogP contribution in [0.2, 0.25) is 0 Å². The zero-order valence-corrected chi connectivity index (χ0v) is 17.4. The number of benzene rings is 3. The molecule has 5 heteroatoms. The van der Waals surface area contributed by atoms with Crippen molar-refractivity contribution in [3.8, 4) is 5.88 Å². The van der Waals surface area contributed by atoms with E-state index in [4.69, 9.17) is 9.47 Å². The van der Waals surface area contributed by atoms with Crippen LogP contribution < -0.4 is 4.74 Å². The van der Waals surface area contributed by atoms with Gasteiger partial charge in [0.2, 0.25) is 12.0 Å². The van der Waals surface area contributed by atoms with Crippen LogP contribution in [0.3, 0.4) is 0 Å². The van der Waals surface area contributed by atoms with Crippen molar-refractivity contribution in [1.29, 1.82) is 0 Å². The molecule has 1 N–H and O–H groups in total. The lowest BCUT2D eigenvalue weighted by Gasteiger charge is -2.38. The smallest absolute Gasteiger partial charge is 0.348 e. The van der Waals surface area contributed by atoms with Crippen LogP contribution in [0.1, 0.15) is 16.7 Å². The first-order valence-electron chi connectivity index (χ1n) is 9.98. The van der Waals surface area contributed by atoms with Crippen molar-refractivity contribution in [1.82, 2.24) is 4.98 Å². The number of pyridine rings is 1. The Labute approximate surface area is 180 Å². The molecule has 4 rings (SSSR count). The van der Waals surface area contributed by atoms with Gasteiger partial charge in [0.05, 0.1) is 5.52 Å². The third-order valence-electron chi connectivity index (χ3n) is 5.46. The summed E-state index contributed by atoms with van der Waals surface area (Å²) in [6.07, 6.45) is -1.38. The maximum atomic E-state index is 12.6. The zero-order valence-electron chi connectivity index (χ0n) is 17.4. The van der Waals surface area contributed by atoms with Crippen LogP contribution in [-0.2, 0) is 15.1 Å². The molecule has 0 saturated carbocycles.